The molecule has 30 heavy (non-hydrogen) atoms. The summed E-state index contributed by atoms with van der Waals surface area (Å²) in [5, 5.41) is 17.1. The summed E-state index contributed by atoms with van der Waals surface area (Å²) in [6, 6.07) is 12.2. The van der Waals surface area contributed by atoms with E-state index in [0.29, 0.717) is 32.3 Å². The maximum Gasteiger partial charge on any atom is 0.308 e. The molecule has 0 bridgehead atoms. The first-order valence-corrected chi connectivity index (χ1v) is 10.6. The van der Waals surface area contributed by atoms with Gasteiger partial charge in [-0.1, -0.05) is 19.1 Å². The van der Waals surface area contributed by atoms with Crippen LogP contribution in [0.3, 0.4) is 0 Å². The third-order valence-corrected chi connectivity index (χ3v) is 6.13. The Morgan fingerprint density at radius 2 is 1.90 bits per heavy atom. The number of aryl methyl sites for hydroxylation is 1. The summed E-state index contributed by atoms with van der Waals surface area (Å²) in [6.07, 6.45) is 2.99. The Labute approximate surface area is 175 Å². The predicted octanol–water partition coefficient (Wildman–Crippen LogP) is 4.67. The zero-order valence-corrected chi connectivity index (χ0v) is 17.4. The minimum absolute atomic E-state index is 0.148. The van der Waals surface area contributed by atoms with Gasteiger partial charge in [-0.3, -0.25) is 4.79 Å². The lowest BCUT2D eigenvalue weighted by molar-refractivity contribution is -0.151. The Bertz CT molecular complexity index is 1050. The molecule has 1 aliphatic carbocycles. The monoisotopic (exact) mass is 410 g/mol. The van der Waals surface area contributed by atoms with Crippen LogP contribution in [0.15, 0.2) is 42.5 Å². The number of aliphatic hydroxyl groups is 1. The molecule has 5 nitrogen and oxygen atoms in total. The van der Waals surface area contributed by atoms with E-state index >= 15 is 0 Å². The van der Waals surface area contributed by atoms with E-state index in [1.807, 2.05) is 22.9 Å². The van der Waals surface area contributed by atoms with E-state index in [4.69, 9.17) is 9.84 Å². The second-order valence-electron chi connectivity index (χ2n) is 7.98. The molecule has 0 amide bonds. The number of aromatic nitrogens is 2. The number of hydrogen-bond donors (Lipinski definition) is 1. The van der Waals surface area contributed by atoms with Gasteiger partial charge >= 0.3 is 5.97 Å². The first-order valence-electron chi connectivity index (χ1n) is 10.6. The number of carbonyl (C=O) groups excluding carboxylic acids is 1. The number of carbonyl (C=O) groups is 1. The van der Waals surface area contributed by atoms with E-state index in [1.54, 1.807) is 19.1 Å². The van der Waals surface area contributed by atoms with Crippen molar-refractivity contribution in [3.05, 3.63) is 59.5 Å². The van der Waals surface area contributed by atoms with Gasteiger partial charge in [-0.05, 0) is 74.9 Å². The molecule has 1 aromatic heterocycles. The lowest BCUT2D eigenvalue weighted by Crippen LogP contribution is -2.34. The predicted molar refractivity (Wildman–Crippen MR) is 113 cm³/mol. The molecule has 0 unspecified atom stereocenters. The minimum Gasteiger partial charge on any atom is -0.466 e. The Morgan fingerprint density at radius 1 is 1.20 bits per heavy atom. The molecule has 2 aromatic carbocycles. The van der Waals surface area contributed by atoms with Crippen molar-refractivity contribution >= 4 is 16.9 Å². The van der Waals surface area contributed by atoms with Crippen LogP contribution in [-0.4, -0.2) is 27.5 Å². The molecule has 1 N–H and O–H groups in total. The number of halogens is 1. The molecule has 1 aliphatic rings. The molecule has 1 heterocycles. The first kappa shape index (κ1) is 20.5. The molecule has 1 saturated carbocycles. The summed E-state index contributed by atoms with van der Waals surface area (Å²) in [5.41, 5.74) is 2.46. The summed E-state index contributed by atoms with van der Waals surface area (Å²) in [6.45, 7) is 4.24. The highest BCUT2D eigenvalue weighted by atomic mass is 19.1. The molecular weight excluding hydrogens is 383 g/mol. The van der Waals surface area contributed by atoms with Crippen molar-refractivity contribution in [2.45, 2.75) is 51.6 Å². The van der Waals surface area contributed by atoms with E-state index in [-0.39, 0.29) is 17.7 Å². The van der Waals surface area contributed by atoms with Crippen LogP contribution in [0.4, 0.5) is 4.39 Å². The van der Waals surface area contributed by atoms with Gasteiger partial charge in [0.05, 0.1) is 35.0 Å². The van der Waals surface area contributed by atoms with Crippen molar-refractivity contribution in [2.24, 2.45) is 5.92 Å². The van der Waals surface area contributed by atoms with E-state index in [2.05, 4.69) is 6.92 Å². The van der Waals surface area contributed by atoms with Crippen molar-refractivity contribution < 1.29 is 19.0 Å². The molecule has 0 atom stereocenters. The number of ether oxygens (including phenoxy) is 1. The van der Waals surface area contributed by atoms with Crippen molar-refractivity contribution in [1.82, 2.24) is 9.78 Å². The average molecular weight is 410 g/mol. The van der Waals surface area contributed by atoms with Gasteiger partial charge in [-0.15, -0.1) is 0 Å². The van der Waals surface area contributed by atoms with Crippen LogP contribution < -0.4 is 0 Å². The van der Waals surface area contributed by atoms with Gasteiger partial charge in [-0.25, -0.2) is 9.07 Å². The van der Waals surface area contributed by atoms with Gasteiger partial charge in [-0.2, -0.15) is 5.10 Å². The fourth-order valence-corrected chi connectivity index (χ4v) is 4.39. The first-order chi connectivity index (χ1) is 14.4. The summed E-state index contributed by atoms with van der Waals surface area (Å²) in [7, 11) is 0. The maximum absolute atomic E-state index is 13.4. The number of esters is 1. The average Bonchev–Trinajstić information content (AvgIpc) is 3.13. The zero-order chi connectivity index (χ0) is 21.3. The second kappa shape index (κ2) is 8.19. The van der Waals surface area contributed by atoms with Crippen molar-refractivity contribution in [3.63, 3.8) is 0 Å². The Morgan fingerprint density at radius 3 is 2.53 bits per heavy atom. The van der Waals surface area contributed by atoms with E-state index in [1.165, 1.54) is 12.1 Å². The van der Waals surface area contributed by atoms with Crippen LogP contribution in [0.2, 0.25) is 0 Å². The Balaban J connectivity index is 1.68. The normalized spacial score (nSPS) is 21.7. The quantitative estimate of drug-likeness (QED) is 0.621. The number of nitrogens with zero attached hydrogens (tertiary/aromatic N) is 2. The zero-order valence-electron chi connectivity index (χ0n) is 17.4. The third kappa shape index (κ3) is 3.72. The van der Waals surface area contributed by atoms with E-state index in [0.717, 1.165) is 34.3 Å². The molecule has 0 saturated heterocycles. The van der Waals surface area contributed by atoms with Crippen molar-refractivity contribution in [2.75, 3.05) is 6.61 Å². The summed E-state index contributed by atoms with van der Waals surface area (Å²) in [5.74, 6) is -0.610. The molecule has 1 fully saturated rings. The van der Waals surface area contributed by atoms with Crippen LogP contribution in [-0.2, 0) is 21.6 Å². The number of fused-ring (bicyclic) bond motifs is 1. The number of rotatable bonds is 5. The van der Waals surface area contributed by atoms with Gasteiger partial charge in [0, 0.05) is 5.39 Å². The van der Waals surface area contributed by atoms with Gasteiger partial charge in [0.25, 0.3) is 0 Å². The molecule has 6 heteroatoms. The van der Waals surface area contributed by atoms with Crippen LogP contribution in [0, 0.1) is 11.7 Å². The molecule has 4 rings (SSSR count). The minimum atomic E-state index is -0.985. The second-order valence-corrected chi connectivity index (χ2v) is 7.98. The van der Waals surface area contributed by atoms with E-state index < -0.39 is 5.60 Å². The van der Waals surface area contributed by atoms with Crippen molar-refractivity contribution in [1.29, 1.82) is 0 Å². The highest BCUT2D eigenvalue weighted by molar-refractivity contribution is 5.84. The highest BCUT2D eigenvalue weighted by Crippen LogP contribution is 2.41. The summed E-state index contributed by atoms with van der Waals surface area (Å²) >= 11 is 0. The smallest absolute Gasteiger partial charge is 0.308 e. The fraction of sp³-hybridized carbons (Fsp3) is 0.417. The summed E-state index contributed by atoms with van der Waals surface area (Å²) in [4.78, 5) is 12.0. The standard InChI is InChI=1S/C24H27FN2O3/c1-3-21-20-10-5-17(24(29)13-11-16(12-14-24)23(28)30-4-2)15-22(20)27(26-21)19-8-6-18(25)7-9-19/h5-10,15-16,29H,3-4,11-14H2,1-2H3. The fourth-order valence-electron chi connectivity index (χ4n) is 4.39. The van der Waals surface area contributed by atoms with Gasteiger partial charge in [0.15, 0.2) is 0 Å². The van der Waals surface area contributed by atoms with Gasteiger partial charge in [0.1, 0.15) is 5.82 Å². The van der Waals surface area contributed by atoms with Crippen LogP contribution in [0.1, 0.15) is 50.8 Å². The lowest BCUT2D eigenvalue weighted by Gasteiger charge is -2.35. The molecule has 158 valence electrons. The largest absolute Gasteiger partial charge is 0.466 e. The van der Waals surface area contributed by atoms with Crippen molar-refractivity contribution in [3.8, 4) is 5.69 Å². The van der Waals surface area contributed by atoms with Gasteiger partial charge in [0.2, 0.25) is 0 Å². The van der Waals surface area contributed by atoms with Crippen LogP contribution in [0.25, 0.3) is 16.6 Å². The Hall–Kier alpha value is -2.73. The van der Waals surface area contributed by atoms with Crippen LogP contribution in [0.5, 0.6) is 0 Å². The topological polar surface area (TPSA) is 64.3 Å². The molecule has 0 radical (unpaired) electrons. The molecular formula is C24H27FN2O3. The Kier molecular flexibility index (Phi) is 5.60. The van der Waals surface area contributed by atoms with Crippen LogP contribution >= 0.6 is 0 Å². The maximum atomic E-state index is 13.4. The molecule has 0 aliphatic heterocycles. The molecule has 3 aromatic rings. The van der Waals surface area contributed by atoms with E-state index in [9.17, 15) is 14.3 Å². The summed E-state index contributed by atoms with van der Waals surface area (Å²) < 4.78 is 20.3. The lowest BCUT2D eigenvalue weighted by atomic mass is 9.75. The number of hydrogen-bond acceptors (Lipinski definition) is 4. The highest BCUT2D eigenvalue weighted by Gasteiger charge is 2.38. The third-order valence-electron chi connectivity index (χ3n) is 6.13. The van der Waals surface area contributed by atoms with Gasteiger partial charge < -0.3 is 9.84 Å². The number of benzene rings is 2. The molecule has 0 spiro atoms. The SMILES string of the molecule is CCOC(=O)C1CCC(O)(c2ccc3c(CC)nn(-c4ccc(F)cc4)c3c2)CC1.